The van der Waals surface area contributed by atoms with Crippen molar-refractivity contribution in [1.29, 1.82) is 0 Å². The molecule has 0 saturated heterocycles. The quantitative estimate of drug-likeness (QED) is 0.187. The highest BCUT2D eigenvalue weighted by atomic mass is 32.2. The second-order valence-electron chi connectivity index (χ2n) is 8.59. The van der Waals surface area contributed by atoms with E-state index in [1.165, 1.54) is 51.9 Å². The number of carbonyl (C=O) groups is 2. The molecule has 5 rings (SSSR count). The van der Waals surface area contributed by atoms with Gasteiger partial charge in [0.1, 0.15) is 10.6 Å². The first-order valence-electron chi connectivity index (χ1n) is 12.4. The van der Waals surface area contributed by atoms with E-state index in [4.69, 9.17) is 4.74 Å². The van der Waals surface area contributed by atoms with Crippen LogP contribution in [0.5, 0.6) is 0 Å². The van der Waals surface area contributed by atoms with Crippen molar-refractivity contribution < 1.29 is 14.3 Å². The van der Waals surface area contributed by atoms with E-state index in [1.54, 1.807) is 6.92 Å². The Bertz CT molecular complexity index is 1410. The summed E-state index contributed by atoms with van der Waals surface area (Å²) in [6.07, 6.45) is 4.69. The smallest absolute Gasteiger partial charge is 0.341 e. The van der Waals surface area contributed by atoms with Crippen molar-refractivity contribution >= 4 is 51.3 Å². The van der Waals surface area contributed by atoms with Gasteiger partial charge in [-0.3, -0.25) is 4.79 Å². The van der Waals surface area contributed by atoms with Gasteiger partial charge in [-0.1, -0.05) is 42.1 Å². The first kappa shape index (κ1) is 25.7. The molecule has 3 aromatic heterocycles. The van der Waals surface area contributed by atoms with Crippen molar-refractivity contribution in [2.45, 2.75) is 51.2 Å². The van der Waals surface area contributed by atoms with E-state index in [1.807, 2.05) is 47.0 Å². The summed E-state index contributed by atoms with van der Waals surface area (Å²) in [4.78, 5) is 27.2. The zero-order chi connectivity index (χ0) is 25.8. The molecule has 1 amide bonds. The molecule has 0 unspecified atom stereocenters. The third-order valence-corrected chi connectivity index (χ3v) is 9.23. The number of ether oxygens (including phenoxy) is 1. The minimum absolute atomic E-state index is 0.153. The van der Waals surface area contributed by atoms with Gasteiger partial charge in [0.2, 0.25) is 5.91 Å². The second-order valence-corrected chi connectivity index (χ2v) is 11.4. The zero-order valence-corrected chi connectivity index (χ0v) is 23.2. The van der Waals surface area contributed by atoms with Crippen LogP contribution in [0.4, 0.5) is 5.00 Å². The first-order chi connectivity index (χ1) is 18.1. The molecule has 10 heteroatoms. The van der Waals surface area contributed by atoms with Gasteiger partial charge >= 0.3 is 5.97 Å². The van der Waals surface area contributed by atoms with Crippen molar-refractivity contribution in [3.8, 4) is 22.5 Å². The Labute approximate surface area is 228 Å². The number of nitrogens with zero attached hydrogens (tertiary/aromatic N) is 3. The lowest BCUT2D eigenvalue weighted by atomic mass is 9.96. The second kappa shape index (κ2) is 11.6. The average Bonchev–Trinajstić information content (AvgIpc) is 3.64. The van der Waals surface area contributed by atoms with Gasteiger partial charge < -0.3 is 14.6 Å². The molecule has 0 saturated carbocycles. The maximum absolute atomic E-state index is 13.0. The summed E-state index contributed by atoms with van der Waals surface area (Å²) in [7, 11) is 0. The maximum Gasteiger partial charge on any atom is 0.341 e. The number of aryl methyl sites for hydroxylation is 1. The van der Waals surface area contributed by atoms with E-state index < -0.39 is 5.97 Å². The molecule has 0 atom stereocenters. The van der Waals surface area contributed by atoms with Crippen LogP contribution in [0, 0.1) is 0 Å². The summed E-state index contributed by atoms with van der Waals surface area (Å²) in [6.45, 7) is 4.81. The van der Waals surface area contributed by atoms with Crippen molar-refractivity contribution in [1.82, 2.24) is 14.8 Å². The lowest BCUT2D eigenvalue weighted by Crippen LogP contribution is -2.17. The molecule has 0 spiro atoms. The fraction of sp³-hybridized carbons (Fsp3) is 0.333. The minimum Gasteiger partial charge on any atom is -0.462 e. The highest BCUT2D eigenvalue weighted by Crippen LogP contribution is 2.38. The van der Waals surface area contributed by atoms with Gasteiger partial charge in [-0.25, -0.2) is 4.79 Å². The number of thiophene rings is 2. The van der Waals surface area contributed by atoms with Crippen molar-refractivity contribution in [2.75, 3.05) is 17.7 Å². The van der Waals surface area contributed by atoms with Crippen molar-refractivity contribution in [2.24, 2.45) is 0 Å². The highest BCUT2D eigenvalue weighted by molar-refractivity contribution is 7.99. The molecule has 1 N–H and O–H groups in total. The first-order valence-corrected chi connectivity index (χ1v) is 15.1. The molecule has 4 aromatic rings. The van der Waals surface area contributed by atoms with Crippen molar-refractivity contribution in [3.63, 3.8) is 0 Å². The Hall–Kier alpha value is -2.95. The Morgan fingerprint density at radius 1 is 1.05 bits per heavy atom. The molecular weight excluding hydrogens is 525 g/mol. The van der Waals surface area contributed by atoms with Crippen LogP contribution in [-0.2, 0) is 28.9 Å². The Morgan fingerprint density at radius 3 is 2.62 bits per heavy atom. The van der Waals surface area contributed by atoms with Gasteiger partial charge in [0.05, 0.1) is 12.4 Å². The molecule has 0 radical (unpaired) electrons. The SMILES string of the molecule is CCOC(=O)c1c(-c2ccccc2)csc1NC(=O)CSc1nnc(-c2csc3c2CCCC3)n1CC. The third-order valence-electron chi connectivity index (χ3n) is 6.28. The molecule has 0 bridgehead atoms. The standard InChI is InChI=1S/C27H28N4O3S3/c1-3-31-24(20-15-35-21-13-9-8-12-18(20)21)29-30-27(31)37-16-22(32)28-25-23(26(33)34-4-2)19(14-36-25)17-10-6-5-7-11-17/h5-7,10-11,14-15H,3-4,8-9,12-13,16H2,1-2H3,(H,28,32). The van der Waals surface area contributed by atoms with Crippen LogP contribution in [0.2, 0.25) is 0 Å². The number of hydrogen-bond donors (Lipinski definition) is 1. The summed E-state index contributed by atoms with van der Waals surface area (Å²) in [6, 6.07) is 9.63. The lowest BCUT2D eigenvalue weighted by molar-refractivity contribution is -0.113. The molecule has 0 fully saturated rings. The van der Waals surface area contributed by atoms with Crippen LogP contribution in [-0.4, -0.2) is 39.0 Å². The monoisotopic (exact) mass is 552 g/mol. The summed E-state index contributed by atoms with van der Waals surface area (Å²) < 4.78 is 7.38. The van der Waals surface area contributed by atoms with Gasteiger partial charge in [-0.2, -0.15) is 0 Å². The molecule has 3 heterocycles. The number of benzene rings is 1. The summed E-state index contributed by atoms with van der Waals surface area (Å²) in [5, 5.41) is 17.1. The zero-order valence-electron chi connectivity index (χ0n) is 20.8. The molecule has 37 heavy (non-hydrogen) atoms. The molecule has 192 valence electrons. The number of nitrogens with one attached hydrogen (secondary N) is 1. The molecule has 1 aromatic carbocycles. The minimum atomic E-state index is -0.444. The number of anilines is 1. The Morgan fingerprint density at radius 2 is 1.84 bits per heavy atom. The summed E-state index contributed by atoms with van der Waals surface area (Å²) in [5.41, 5.74) is 4.62. The highest BCUT2D eigenvalue weighted by Gasteiger charge is 2.24. The number of hydrogen-bond acceptors (Lipinski definition) is 8. The van der Waals surface area contributed by atoms with Crippen molar-refractivity contribution in [3.05, 3.63) is 57.1 Å². The van der Waals surface area contributed by atoms with Crippen LogP contribution >= 0.6 is 34.4 Å². The van der Waals surface area contributed by atoms with Crippen LogP contribution < -0.4 is 5.32 Å². The predicted molar refractivity (Wildman–Crippen MR) is 151 cm³/mol. The lowest BCUT2D eigenvalue weighted by Gasteiger charge is -2.13. The molecule has 0 aliphatic heterocycles. The van der Waals surface area contributed by atoms with Gasteiger partial charge in [0.15, 0.2) is 11.0 Å². The average molecular weight is 553 g/mol. The van der Waals surface area contributed by atoms with Gasteiger partial charge in [0.25, 0.3) is 0 Å². The molecule has 7 nitrogen and oxygen atoms in total. The van der Waals surface area contributed by atoms with Gasteiger partial charge in [-0.15, -0.1) is 32.9 Å². The van der Waals surface area contributed by atoms with E-state index in [-0.39, 0.29) is 18.3 Å². The fourth-order valence-corrected chi connectivity index (χ4v) is 7.44. The maximum atomic E-state index is 13.0. The van der Waals surface area contributed by atoms with E-state index in [2.05, 4.69) is 32.4 Å². The van der Waals surface area contributed by atoms with Crippen LogP contribution in [0.3, 0.4) is 0 Å². The summed E-state index contributed by atoms with van der Waals surface area (Å²) in [5.74, 6) is 0.373. The van der Waals surface area contributed by atoms with E-state index in [9.17, 15) is 9.59 Å². The van der Waals surface area contributed by atoms with E-state index in [0.717, 1.165) is 36.3 Å². The third kappa shape index (κ3) is 5.37. The number of rotatable bonds is 9. The van der Waals surface area contributed by atoms with Gasteiger partial charge in [-0.05, 0) is 50.7 Å². The number of thioether (sulfide) groups is 1. The van der Waals surface area contributed by atoms with Crippen LogP contribution in [0.15, 0.2) is 46.2 Å². The number of fused-ring (bicyclic) bond motifs is 1. The van der Waals surface area contributed by atoms with Crippen LogP contribution in [0.25, 0.3) is 22.5 Å². The number of aromatic nitrogens is 3. The molecular formula is C27H28N4O3S3. The summed E-state index contributed by atoms with van der Waals surface area (Å²) >= 11 is 4.49. The number of amides is 1. The fourth-order valence-electron chi connectivity index (χ4n) is 4.54. The van der Waals surface area contributed by atoms with Gasteiger partial charge in [0, 0.05) is 33.3 Å². The Kier molecular flexibility index (Phi) is 8.07. The largest absolute Gasteiger partial charge is 0.462 e. The predicted octanol–water partition coefficient (Wildman–Crippen LogP) is 6.54. The van der Waals surface area contributed by atoms with Crippen LogP contribution in [0.1, 0.15) is 47.5 Å². The number of carbonyl (C=O) groups excluding carboxylic acids is 2. The molecule has 1 aliphatic carbocycles. The normalized spacial score (nSPS) is 12.8. The topological polar surface area (TPSA) is 86.1 Å². The Balaban J connectivity index is 1.32. The number of esters is 1. The van der Waals surface area contributed by atoms with E-state index >= 15 is 0 Å². The molecule has 1 aliphatic rings. The van der Waals surface area contributed by atoms with E-state index in [0.29, 0.717) is 15.7 Å².